The molecular formula is C34H36FN7O3. The first kappa shape index (κ1) is 30.0. The molecule has 3 aromatic carbocycles. The van der Waals surface area contributed by atoms with Crippen LogP contribution in [-0.4, -0.2) is 66.5 Å². The van der Waals surface area contributed by atoms with E-state index >= 15 is 4.39 Å². The van der Waals surface area contributed by atoms with Crippen molar-refractivity contribution in [3.63, 3.8) is 0 Å². The largest absolute Gasteiger partial charge is 0.438 e. The molecule has 2 amide bonds. The van der Waals surface area contributed by atoms with Gasteiger partial charge in [-0.3, -0.25) is 9.59 Å². The lowest BCUT2D eigenvalue weighted by atomic mass is 10.1. The fraction of sp³-hybridized carbons (Fsp3) is 0.294. The number of carbonyl (C=O) groups excluding carboxylic acids is 2. The molecule has 11 heteroatoms. The number of amides is 2. The average molecular weight is 610 g/mol. The van der Waals surface area contributed by atoms with Crippen molar-refractivity contribution in [3.8, 4) is 11.6 Å². The Morgan fingerprint density at radius 2 is 1.71 bits per heavy atom. The molecule has 4 aromatic rings. The van der Waals surface area contributed by atoms with Crippen LogP contribution in [0, 0.1) is 19.7 Å². The van der Waals surface area contributed by atoms with Gasteiger partial charge in [-0.25, -0.2) is 9.37 Å². The zero-order valence-electron chi connectivity index (χ0n) is 25.6. The van der Waals surface area contributed by atoms with E-state index in [2.05, 4.69) is 32.5 Å². The van der Waals surface area contributed by atoms with Gasteiger partial charge < -0.3 is 30.1 Å². The first-order chi connectivity index (χ1) is 21.7. The first-order valence-corrected chi connectivity index (χ1v) is 15.1. The van der Waals surface area contributed by atoms with Gasteiger partial charge in [0.05, 0.1) is 5.69 Å². The second-order valence-corrected chi connectivity index (χ2v) is 11.5. The number of hydrogen-bond donors (Lipinski definition) is 2. The summed E-state index contributed by atoms with van der Waals surface area (Å²) in [7, 11) is 2.06. The summed E-state index contributed by atoms with van der Waals surface area (Å²) >= 11 is 0. The van der Waals surface area contributed by atoms with E-state index < -0.39 is 5.91 Å². The number of nitrogens with zero attached hydrogens (tertiary/aromatic N) is 5. The molecule has 1 aromatic heterocycles. The number of nitrogens with one attached hydrogen (secondary N) is 2. The maximum Gasteiger partial charge on any atom is 0.262 e. The SMILES string of the molecule is Cc1cccc(C)c1NC(=O)c1cnc(Nc2ccc(N3CCN(C)CC3)c(F)c2)nc1Oc1cccc(N2CCCC2=O)c1. The summed E-state index contributed by atoms with van der Waals surface area (Å²) < 4.78 is 21.4. The molecule has 3 heterocycles. The van der Waals surface area contributed by atoms with E-state index in [-0.39, 0.29) is 29.1 Å². The molecule has 45 heavy (non-hydrogen) atoms. The molecule has 232 valence electrons. The fourth-order valence-corrected chi connectivity index (χ4v) is 5.62. The standard InChI is InChI=1S/C34H36FN7O3/c1-22-7-4-8-23(2)31(22)38-32(44)27-21-36-34(37-24-12-13-29(28(35)19-24)41-17-15-40(3)16-18-41)39-33(27)45-26-10-5-9-25(20-26)42-14-6-11-30(42)43/h4-5,7-10,12-13,19-21H,6,11,14-18H2,1-3H3,(H,38,44)(H,36,37,39). The molecule has 2 N–H and O–H groups in total. The Hall–Kier alpha value is -5.03. The van der Waals surface area contributed by atoms with E-state index in [1.165, 1.54) is 12.3 Å². The maximum absolute atomic E-state index is 15.2. The topological polar surface area (TPSA) is 103 Å². The van der Waals surface area contributed by atoms with Gasteiger partial charge in [0.15, 0.2) is 0 Å². The molecule has 0 radical (unpaired) electrons. The summed E-state index contributed by atoms with van der Waals surface area (Å²) in [6.45, 7) is 7.72. The molecule has 0 atom stereocenters. The normalized spacial score (nSPS) is 15.3. The van der Waals surface area contributed by atoms with Gasteiger partial charge in [0.1, 0.15) is 17.1 Å². The third-order valence-corrected chi connectivity index (χ3v) is 8.18. The predicted molar refractivity (Wildman–Crippen MR) is 173 cm³/mol. The van der Waals surface area contributed by atoms with Crippen molar-refractivity contribution >= 4 is 40.5 Å². The lowest BCUT2D eigenvalue weighted by Crippen LogP contribution is -2.44. The van der Waals surface area contributed by atoms with E-state index in [9.17, 15) is 9.59 Å². The number of ether oxygens (including phenoxy) is 1. The van der Waals surface area contributed by atoms with Gasteiger partial charge in [-0.1, -0.05) is 24.3 Å². The van der Waals surface area contributed by atoms with Crippen molar-refractivity contribution in [3.05, 3.63) is 89.4 Å². The highest BCUT2D eigenvalue weighted by Gasteiger charge is 2.24. The molecular weight excluding hydrogens is 573 g/mol. The van der Waals surface area contributed by atoms with Crippen molar-refractivity contribution in [2.75, 3.05) is 60.2 Å². The lowest BCUT2D eigenvalue weighted by molar-refractivity contribution is -0.117. The van der Waals surface area contributed by atoms with E-state index in [1.807, 2.05) is 43.0 Å². The van der Waals surface area contributed by atoms with Gasteiger partial charge in [-0.15, -0.1) is 0 Å². The molecule has 0 bridgehead atoms. The molecule has 10 nitrogen and oxygen atoms in total. The Labute approximate surface area is 261 Å². The van der Waals surface area contributed by atoms with Crippen LogP contribution >= 0.6 is 0 Å². The van der Waals surface area contributed by atoms with E-state index in [0.717, 1.165) is 43.7 Å². The zero-order valence-corrected chi connectivity index (χ0v) is 25.6. The van der Waals surface area contributed by atoms with Gasteiger partial charge >= 0.3 is 0 Å². The minimum atomic E-state index is -0.442. The van der Waals surface area contributed by atoms with Crippen LogP contribution in [0.4, 0.5) is 33.1 Å². The number of hydrogen-bond acceptors (Lipinski definition) is 8. The summed E-state index contributed by atoms with van der Waals surface area (Å²) in [5.41, 5.74) is 4.35. The second kappa shape index (κ2) is 12.9. The van der Waals surface area contributed by atoms with E-state index in [1.54, 1.807) is 35.2 Å². The smallest absolute Gasteiger partial charge is 0.262 e. The third kappa shape index (κ3) is 6.73. The highest BCUT2D eigenvalue weighted by atomic mass is 19.1. The molecule has 6 rings (SSSR count). The van der Waals surface area contributed by atoms with Crippen LogP contribution in [0.25, 0.3) is 0 Å². The average Bonchev–Trinajstić information content (AvgIpc) is 3.46. The molecule has 0 aliphatic carbocycles. The number of para-hydroxylation sites is 1. The minimum Gasteiger partial charge on any atom is -0.438 e. The summed E-state index contributed by atoms with van der Waals surface area (Å²) in [5.74, 6) is -0.191. The Kier molecular flexibility index (Phi) is 8.61. The Bertz CT molecular complexity index is 1720. The van der Waals surface area contributed by atoms with Crippen LogP contribution in [-0.2, 0) is 4.79 Å². The quantitative estimate of drug-likeness (QED) is 0.255. The Morgan fingerprint density at radius 1 is 0.956 bits per heavy atom. The summed E-state index contributed by atoms with van der Waals surface area (Å²) in [4.78, 5) is 40.8. The number of aromatic nitrogens is 2. The van der Waals surface area contributed by atoms with E-state index in [0.29, 0.717) is 41.5 Å². The van der Waals surface area contributed by atoms with Crippen LogP contribution in [0.1, 0.15) is 34.3 Å². The lowest BCUT2D eigenvalue weighted by Gasteiger charge is -2.34. The number of piperazine rings is 1. The monoisotopic (exact) mass is 609 g/mol. The van der Waals surface area contributed by atoms with Gasteiger partial charge in [0.2, 0.25) is 17.7 Å². The Balaban J connectivity index is 1.29. The summed E-state index contributed by atoms with van der Waals surface area (Å²) in [6, 6.07) is 17.8. The van der Waals surface area contributed by atoms with Crippen molar-refractivity contribution in [2.24, 2.45) is 0 Å². The summed E-state index contributed by atoms with van der Waals surface area (Å²) in [6.07, 6.45) is 2.69. The molecule has 0 spiro atoms. The van der Waals surface area contributed by atoms with Gasteiger partial charge in [-0.2, -0.15) is 4.98 Å². The Morgan fingerprint density at radius 3 is 2.42 bits per heavy atom. The van der Waals surface area contributed by atoms with Crippen LogP contribution in [0.5, 0.6) is 11.6 Å². The predicted octanol–water partition coefficient (Wildman–Crippen LogP) is 5.90. The molecule has 2 aliphatic heterocycles. The second-order valence-electron chi connectivity index (χ2n) is 11.5. The highest BCUT2D eigenvalue weighted by molar-refractivity contribution is 6.06. The van der Waals surface area contributed by atoms with Crippen molar-refractivity contribution in [2.45, 2.75) is 26.7 Å². The van der Waals surface area contributed by atoms with Crippen molar-refractivity contribution in [1.29, 1.82) is 0 Å². The van der Waals surface area contributed by atoms with Crippen LogP contribution in [0.2, 0.25) is 0 Å². The number of anilines is 5. The number of rotatable bonds is 8. The van der Waals surface area contributed by atoms with Crippen LogP contribution < -0.4 is 25.2 Å². The molecule has 2 fully saturated rings. The molecule has 2 saturated heterocycles. The minimum absolute atomic E-state index is 0.00987. The number of aryl methyl sites for hydroxylation is 2. The van der Waals surface area contributed by atoms with Crippen molar-refractivity contribution in [1.82, 2.24) is 14.9 Å². The maximum atomic E-state index is 15.2. The van der Waals surface area contributed by atoms with Crippen LogP contribution in [0.3, 0.4) is 0 Å². The molecule has 0 unspecified atom stereocenters. The fourth-order valence-electron chi connectivity index (χ4n) is 5.62. The first-order valence-electron chi connectivity index (χ1n) is 15.1. The third-order valence-electron chi connectivity index (χ3n) is 8.18. The molecule has 0 saturated carbocycles. The highest BCUT2D eigenvalue weighted by Crippen LogP contribution is 2.32. The summed E-state index contributed by atoms with van der Waals surface area (Å²) in [5, 5.41) is 6.02. The zero-order chi connectivity index (χ0) is 31.5. The number of benzene rings is 3. The van der Waals surface area contributed by atoms with E-state index in [4.69, 9.17) is 4.74 Å². The molecule has 2 aliphatic rings. The van der Waals surface area contributed by atoms with Crippen molar-refractivity contribution < 1.29 is 18.7 Å². The van der Waals surface area contributed by atoms with Gasteiger partial charge in [-0.05, 0) is 68.8 Å². The van der Waals surface area contributed by atoms with Gasteiger partial charge in [0, 0.05) is 68.5 Å². The number of carbonyl (C=O) groups is 2. The number of halogens is 1. The van der Waals surface area contributed by atoms with Crippen LogP contribution in [0.15, 0.2) is 66.9 Å². The van der Waals surface area contributed by atoms with Gasteiger partial charge in [0.25, 0.3) is 5.91 Å². The number of likely N-dealkylation sites (N-methyl/N-ethyl adjacent to an activating group) is 1.